The first-order valence-corrected chi connectivity index (χ1v) is 10.1. The molecule has 1 atom stereocenters. The molecule has 0 heterocycles. The third-order valence-corrected chi connectivity index (χ3v) is 6.33. The molecule has 0 radical (unpaired) electrons. The van der Waals surface area contributed by atoms with Gasteiger partial charge in [-0.3, -0.25) is 4.79 Å². The Morgan fingerprint density at radius 2 is 0.767 bits per heavy atom. The van der Waals surface area contributed by atoms with E-state index in [1.165, 1.54) is 0 Å². The topological polar surface area (TPSA) is 17.1 Å². The highest BCUT2D eigenvalue weighted by molar-refractivity contribution is 6.30. The lowest BCUT2D eigenvalue weighted by molar-refractivity contribution is -0.112. The normalized spacial score (nSPS) is 19.0. The van der Waals surface area contributed by atoms with Crippen LogP contribution < -0.4 is 12.4 Å². The van der Waals surface area contributed by atoms with Crippen molar-refractivity contribution in [3.05, 3.63) is 143 Å². The fraction of sp³-hybridized carbons (Fsp3) is 0.0741. The molecule has 0 aromatic heterocycles. The van der Waals surface area contributed by atoms with Gasteiger partial charge in [0, 0.05) is 5.02 Å². The molecule has 1 fully saturated rings. The van der Waals surface area contributed by atoms with Gasteiger partial charge in [0.25, 0.3) is 0 Å². The molecule has 3 heteroatoms. The van der Waals surface area contributed by atoms with Crippen LogP contribution in [0.15, 0.2) is 115 Å². The van der Waals surface area contributed by atoms with Crippen molar-refractivity contribution in [2.24, 2.45) is 0 Å². The molecule has 0 spiro atoms. The Labute approximate surface area is 187 Å². The standard InChI is InChI=1S/C27H19ClO.ClH/c28-24-18-16-23(17-19-24)27(22-14-8-3-9-15-22)25(29)26(27,20-10-4-1-5-11-20)21-12-6-2-7-13-21;/h1-19H;1H/p-1. The first-order chi connectivity index (χ1) is 14.2. The van der Waals surface area contributed by atoms with E-state index in [2.05, 4.69) is 36.4 Å². The molecule has 0 saturated heterocycles. The average molecular weight is 430 g/mol. The summed E-state index contributed by atoms with van der Waals surface area (Å²) in [6.45, 7) is 0. The second-order valence-electron chi connectivity index (χ2n) is 7.43. The first-order valence-electron chi connectivity index (χ1n) is 9.70. The number of carbonyl (C=O) groups is 1. The monoisotopic (exact) mass is 429 g/mol. The van der Waals surface area contributed by atoms with Gasteiger partial charge in [0.2, 0.25) is 0 Å². The van der Waals surface area contributed by atoms with Crippen molar-refractivity contribution in [2.45, 2.75) is 10.8 Å². The number of halogens is 2. The van der Waals surface area contributed by atoms with Crippen LogP contribution in [0.3, 0.4) is 0 Å². The molecule has 0 aliphatic heterocycles. The molecular formula is C27H19Cl2O-. The fourth-order valence-electron chi connectivity index (χ4n) is 4.87. The quantitative estimate of drug-likeness (QED) is 0.486. The van der Waals surface area contributed by atoms with Crippen LogP contribution >= 0.6 is 11.6 Å². The maximum atomic E-state index is 14.1. The molecule has 5 rings (SSSR count). The van der Waals surface area contributed by atoms with E-state index in [4.69, 9.17) is 11.6 Å². The molecule has 1 aliphatic rings. The van der Waals surface area contributed by atoms with Crippen molar-refractivity contribution in [3.8, 4) is 0 Å². The molecule has 1 aliphatic carbocycles. The van der Waals surface area contributed by atoms with Crippen LogP contribution in [-0.4, -0.2) is 5.78 Å². The predicted octanol–water partition coefficient (Wildman–Crippen LogP) is 3.20. The minimum Gasteiger partial charge on any atom is -1.00 e. The number of ketones is 1. The van der Waals surface area contributed by atoms with Crippen molar-refractivity contribution < 1.29 is 17.2 Å². The van der Waals surface area contributed by atoms with E-state index >= 15 is 0 Å². The van der Waals surface area contributed by atoms with E-state index < -0.39 is 10.8 Å². The van der Waals surface area contributed by atoms with Crippen molar-refractivity contribution >= 4 is 17.4 Å². The number of hydrogen-bond acceptors (Lipinski definition) is 1. The van der Waals surface area contributed by atoms with Crippen LogP contribution in [0.25, 0.3) is 0 Å². The molecule has 1 saturated carbocycles. The molecule has 148 valence electrons. The molecule has 30 heavy (non-hydrogen) atoms. The first kappa shape index (κ1) is 20.4. The Morgan fingerprint density at radius 3 is 1.10 bits per heavy atom. The zero-order chi connectivity index (χ0) is 19.9. The van der Waals surface area contributed by atoms with Gasteiger partial charge >= 0.3 is 0 Å². The molecule has 4 aromatic carbocycles. The molecule has 1 nitrogen and oxygen atoms in total. The van der Waals surface area contributed by atoms with Gasteiger partial charge in [0.1, 0.15) is 10.8 Å². The minimum atomic E-state index is -0.790. The Balaban J connectivity index is 0.00000218. The summed E-state index contributed by atoms with van der Waals surface area (Å²) < 4.78 is 0. The number of Topliss-reactive ketones (excluding diaryl/α,β-unsaturated/α-hetero) is 1. The minimum absolute atomic E-state index is 0. The summed E-state index contributed by atoms with van der Waals surface area (Å²) in [5.74, 6) is 0.191. The third kappa shape index (κ3) is 2.66. The highest BCUT2D eigenvalue weighted by atomic mass is 35.5. The Hall–Kier alpha value is -2.87. The average Bonchev–Trinajstić information content (AvgIpc) is 3.37. The summed E-state index contributed by atoms with van der Waals surface area (Å²) in [6.07, 6.45) is 0. The van der Waals surface area contributed by atoms with Gasteiger partial charge in [-0.1, -0.05) is 115 Å². The van der Waals surface area contributed by atoms with Gasteiger partial charge in [-0.25, -0.2) is 0 Å². The lowest BCUT2D eigenvalue weighted by Gasteiger charge is -2.25. The fourth-order valence-corrected chi connectivity index (χ4v) is 4.99. The van der Waals surface area contributed by atoms with E-state index in [0.717, 1.165) is 22.3 Å². The van der Waals surface area contributed by atoms with Crippen LogP contribution in [0.2, 0.25) is 5.02 Å². The Bertz CT molecular complexity index is 1120. The summed E-state index contributed by atoms with van der Waals surface area (Å²) in [7, 11) is 0. The number of rotatable bonds is 4. The molecular weight excluding hydrogens is 411 g/mol. The molecule has 4 aromatic rings. The molecule has 0 N–H and O–H groups in total. The summed E-state index contributed by atoms with van der Waals surface area (Å²) in [6, 6.07) is 38.0. The van der Waals surface area contributed by atoms with Crippen LogP contribution in [0.1, 0.15) is 22.3 Å². The summed E-state index contributed by atoms with van der Waals surface area (Å²) in [5, 5.41) is 0.662. The van der Waals surface area contributed by atoms with Crippen LogP contribution in [0.5, 0.6) is 0 Å². The van der Waals surface area contributed by atoms with Crippen LogP contribution in [-0.2, 0) is 15.6 Å². The van der Waals surface area contributed by atoms with Gasteiger partial charge in [0.15, 0.2) is 5.78 Å². The highest BCUT2D eigenvalue weighted by Gasteiger charge is 2.79. The lowest BCUT2D eigenvalue weighted by atomic mass is 9.74. The largest absolute Gasteiger partial charge is 1.00 e. The number of carbonyl (C=O) groups excluding carboxylic acids is 1. The number of benzene rings is 4. The van der Waals surface area contributed by atoms with Gasteiger partial charge in [-0.15, -0.1) is 0 Å². The molecule has 0 amide bonds. The van der Waals surface area contributed by atoms with Crippen molar-refractivity contribution in [1.82, 2.24) is 0 Å². The Kier molecular flexibility index (Phi) is 5.27. The maximum Gasteiger partial charge on any atom is 0.166 e. The zero-order valence-electron chi connectivity index (χ0n) is 16.1. The second-order valence-corrected chi connectivity index (χ2v) is 7.87. The van der Waals surface area contributed by atoms with E-state index in [0.29, 0.717) is 5.02 Å². The molecule has 1 unspecified atom stereocenters. The van der Waals surface area contributed by atoms with E-state index in [9.17, 15) is 4.79 Å². The van der Waals surface area contributed by atoms with Crippen molar-refractivity contribution in [3.63, 3.8) is 0 Å². The SMILES string of the molecule is O=C1C(c2ccccc2)(c2ccccc2)C1(c1ccccc1)c1ccc(Cl)cc1.[Cl-]. The summed E-state index contributed by atoms with van der Waals surface area (Å²) >= 11 is 6.18. The smallest absolute Gasteiger partial charge is 0.166 e. The van der Waals surface area contributed by atoms with Gasteiger partial charge in [0.05, 0.1) is 0 Å². The lowest BCUT2D eigenvalue weighted by Crippen LogP contribution is -3.00. The van der Waals surface area contributed by atoms with E-state index in [1.54, 1.807) is 0 Å². The van der Waals surface area contributed by atoms with Crippen molar-refractivity contribution in [2.75, 3.05) is 0 Å². The molecule has 0 bridgehead atoms. The van der Waals surface area contributed by atoms with Gasteiger partial charge < -0.3 is 12.4 Å². The van der Waals surface area contributed by atoms with Crippen molar-refractivity contribution in [1.29, 1.82) is 0 Å². The third-order valence-electron chi connectivity index (χ3n) is 6.08. The van der Waals surface area contributed by atoms with Gasteiger partial charge in [-0.2, -0.15) is 0 Å². The highest BCUT2D eigenvalue weighted by Crippen LogP contribution is 2.68. The maximum absolute atomic E-state index is 14.1. The second kappa shape index (κ2) is 7.75. The summed E-state index contributed by atoms with van der Waals surface area (Å²) in [4.78, 5) is 14.1. The number of hydrogen-bond donors (Lipinski definition) is 0. The van der Waals surface area contributed by atoms with Crippen LogP contribution in [0.4, 0.5) is 0 Å². The van der Waals surface area contributed by atoms with E-state index in [-0.39, 0.29) is 18.2 Å². The van der Waals surface area contributed by atoms with Gasteiger partial charge in [-0.05, 0) is 34.4 Å². The zero-order valence-corrected chi connectivity index (χ0v) is 17.6. The van der Waals surface area contributed by atoms with E-state index in [1.807, 2.05) is 78.9 Å². The Morgan fingerprint density at radius 1 is 0.467 bits per heavy atom. The predicted molar refractivity (Wildman–Crippen MR) is 117 cm³/mol. The van der Waals surface area contributed by atoms with Crippen LogP contribution in [0, 0.1) is 0 Å². The summed E-state index contributed by atoms with van der Waals surface area (Å²) in [5.41, 5.74) is 2.42.